The fourth-order valence-electron chi connectivity index (χ4n) is 2.35. The molecule has 0 heterocycles. The Hall–Kier alpha value is -3.89. The molecule has 0 saturated carbocycles. The van der Waals surface area contributed by atoms with Crippen molar-refractivity contribution in [3.8, 4) is 12.1 Å². The number of Topliss-reactive ketones (excluding diaryl/α,β-unsaturated/α-hetero) is 1. The minimum Gasteiger partial charge on any atom is -0.373 e. The lowest BCUT2D eigenvalue weighted by molar-refractivity contribution is 0.0964. The molecule has 0 aromatic heterocycles. The summed E-state index contributed by atoms with van der Waals surface area (Å²) >= 11 is 0. The number of benzene rings is 2. The Bertz CT molecular complexity index is 927. The van der Waals surface area contributed by atoms with E-state index in [-0.39, 0.29) is 17.9 Å². The lowest BCUT2D eigenvalue weighted by Gasteiger charge is -2.13. The zero-order valence-corrected chi connectivity index (χ0v) is 15.0. The third-order valence-corrected chi connectivity index (χ3v) is 3.77. The molecule has 4 heteroatoms. The van der Waals surface area contributed by atoms with Crippen molar-refractivity contribution >= 4 is 11.4 Å². The molecule has 0 atom stereocenters. The smallest absolute Gasteiger partial charge is 0.182 e. The minimum atomic E-state index is 0.0316. The van der Waals surface area contributed by atoms with Crippen LogP contribution in [0.2, 0.25) is 0 Å². The summed E-state index contributed by atoms with van der Waals surface area (Å²) in [4.78, 5) is 14.1. The molecule has 0 fully saturated rings. The highest BCUT2D eigenvalue weighted by molar-refractivity contribution is 5.97. The molecule has 0 spiro atoms. The van der Waals surface area contributed by atoms with Gasteiger partial charge < -0.3 is 4.90 Å². The van der Waals surface area contributed by atoms with E-state index in [1.807, 2.05) is 80.0 Å². The highest BCUT2D eigenvalue weighted by Gasteiger charge is 2.06. The molecule has 0 aliphatic heterocycles. The highest BCUT2D eigenvalue weighted by atomic mass is 16.1. The molecule has 0 saturated heterocycles. The number of allylic oxidation sites excluding steroid dienone is 5. The quantitative estimate of drug-likeness (QED) is 0.421. The monoisotopic (exact) mass is 353 g/mol. The fraction of sp³-hybridized carbons (Fsp3) is 0.0870. The molecule has 2 rings (SSSR count). The van der Waals surface area contributed by atoms with Gasteiger partial charge in [-0.25, -0.2) is 0 Å². The zero-order valence-electron chi connectivity index (χ0n) is 15.0. The van der Waals surface area contributed by atoms with E-state index < -0.39 is 0 Å². The summed E-state index contributed by atoms with van der Waals surface area (Å²) < 4.78 is 0. The van der Waals surface area contributed by atoms with Gasteiger partial charge in [0, 0.05) is 12.6 Å². The van der Waals surface area contributed by atoms with Crippen LogP contribution in [0.5, 0.6) is 0 Å². The maximum atomic E-state index is 12.3. The predicted octanol–water partition coefficient (Wildman–Crippen LogP) is 4.37. The summed E-state index contributed by atoms with van der Waals surface area (Å²) in [6.45, 7) is 0.250. The van der Waals surface area contributed by atoms with Crippen LogP contribution in [0.4, 0.5) is 0 Å². The number of carbonyl (C=O) groups excluding carboxylic acids is 1. The van der Waals surface area contributed by atoms with Crippen LogP contribution in [0, 0.1) is 22.7 Å². The lowest BCUT2D eigenvalue weighted by Crippen LogP contribution is -2.20. The van der Waals surface area contributed by atoms with Crippen LogP contribution in [-0.2, 0) is 0 Å². The van der Waals surface area contributed by atoms with Gasteiger partial charge in [0.1, 0.15) is 17.7 Å². The van der Waals surface area contributed by atoms with E-state index in [9.17, 15) is 4.79 Å². The summed E-state index contributed by atoms with van der Waals surface area (Å²) in [5, 5.41) is 17.8. The highest BCUT2D eigenvalue weighted by Crippen LogP contribution is 2.16. The Kier molecular flexibility index (Phi) is 7.33. The molecular weight excluding hydrogens is 334 g/mol. The Balaban J connectivity index is 2.18. The molecule has 0 unspecified atom stereocenters. The maximum absolute atomic E-state index is 12.3. The average Bonchev–Trinajstić information content (AvgIpc) is 2.72. The van der Waals surface area contributed by atoms with Gasteiger partial charge in [-0.1, -0.05) is 66.7 Å². The van der Waals surface area contributed by atoms with Crippen LogP contribution in [-0.4, -0.2) is 24.3 Å². The van der Waals surface area contributed by atoms with Gasteiger partial charge in [-0.05, 0) is 29.5 Å². The summed E-state index contributed by atoms with van der Waals surface area (Å²) in [7, 11) is 1.83. The molecule has 0 aliphatic rings. The number of carbonyl (C=O) groups is 1. The van der Waals surface area contributed by atoms with E-state index in [1.54, 1.807) is 23.1 Å². The van der Waals surface area contributed by atoms with E-state index in [0.717, 1.165) is 11.1 Å². The van der Waals surface area contributed by atoms with Gasteiger partial charge in [0.05, 0.1) is 6.54 Å². The van der Waals surface area contributed by atoms with Crippen LogP contribution in [0.3, 0.4) is 0 Å². The molecule has 0 bridgehead atoms. The van der Waals surface area contributed by atoms with Gasteiger partial charge >= 0.3 is 0 Å². The first-order valence-corrected chi connectivity index (χ1v) is 8.38. The summed E-state index contributed by atoms with van der Waals surface area (Å²) in [6, 6.07) is 22.5. The number of nitrogens with zero attached hydrogens (tertiary/aromatic N) is 3. The normalized spacial score (nSPS) is 10.7. The van der Waals surface area contributed by atoms with Crippen molar-refractivity contribution in [1.29, 1.82) is 10.5 Å². The Morgan fingerprint density at radius 1 is 0.926 bits per heavy atom. The average molecular weight is 353 g/mol. The summed E-state index contributed by atoms with van der Waals surface area (Å²) in [6.07, 6.45) is 6.88. The number of hydrogen-bond acceptors (Lipinski definition) is 4. The molecular formula is C23H19N3O. The van der Waals surface area contributed by atoms with Crippen molar-refractivity contribution in [2.75, 3.05) is 13.6 Å². The molecule has 0 amide bonds. The molecule has 0 aliphatic carbocycles. The van der Waals surface area contributed by atoms with E-state index in [0.29, 0.717) is 5.56 Å². The van der Waals surface area contributed by atoms with E-state index in [4.69, 9.17) is 10.5 Å². The van der Waals surface area contributed by atoms with Crippen LogP contribution in [0.1, 0.15) is 15.9 Å². The summed E-state index contributed by atoms with van der Waals surface area (Å²) in [5.74, 6) is 0.0316. The molecule has 27 heavy (non-hydrogen) atoms. The van der Waals surface area contributed by atoms with Crippen molar-refractivity contribution in [3.05, 3.63) is 102 Å². The minimum absolute atomic E-state index is 0.0316. The number of rotatable bonds is 7. The van der Waals surface area contributed by atoms with E-state index in [1.165, 1.54) is 6.08 Å². The van der Waals surface area contributed by atoms with Gasteiger partial charge in [0.2, 0.25) is 0 Å². The molecule has 4 nitrogen and oxygen atoms in total. The Labute approximate surface area is 159 Å². The van der Waals surface area contributed by atoms with Crippen LogP contribution >= 0.6 is 0 Å². The zero-order chi connectivity index (χ0) is 19.5. The Morgan fingerprint density at radius 2 is 1.48 bits per heavy atom. The second kappa shape index (κ2) is 10.2. The number of likely N-dealkylation sites (N-methyl/N-ethyl adjacent to an activating group) is 1. The second-order valence-corrected chi connectivity index (χ2v) is 5.81. The van der Waals surface area contributed by atoms with Gasteiger partial charge in [-0.3, -0.25) is 4.79 Å². The molecule has 132 valence electrons. The predicted molar refractivity (Wildman–Crippen MR) is 106 cm³/mol. The van der Waals surface area contributed by atoms with Crippen molar-refractivity contribution in [1.82, 2.24) is 4.90 Å². The largest absolute Gasteiger partial charge is 0.373 e. The number of ketones is 1. The first-order chi connectivity index (χ1) is 13.1. The van der Waals surface area contributed by atoms with E-state index >= 15 is 0 Å². The Morgan fingerprint density at radius 3 is 2.04 bits per heavy atom. The second-order valence-electron chi connectivity index (χ2n) is 5.81. The van der Waals surface area contributed by atoms with Crippen LogP contribution in [0.15, 0.2) is 90.7 Å². The molecule has 2 aromatic rings. The van der Waals surface area contributed by atoms with Crippen molar-refractivity contribution in [2.24, 2.45) is 0 Å². The lowest BCUT2D eigenvalue weighted by atomic mass is 10.0. The van der Waals surface area contributed by atoms with Crippen molar-refractivity contribution in [3.63, 3.8) is 0 Å². The SMILES string of the molecule is CN(C=CC(=CC=C(C#N)C#N)c1ccccc1)CC(=O)c1ccccc1. The number of hydrogen-bond donors (Lipinski definition) is 0. The molecule has 2 aromatic carbocycles. The maximum Gasteiger partial charge on any atom is 0.182 e. The van der Waals surface area contributed by atoms with Gasteiger partial charge in [0.15, 0.2) is 5.78 Å². The van der Waals surface area contributed by atoms with Gasteiger partial charge in [0.25, 0.3) is 0 Å². The van der Waals surface area contributed by atoms with Gasteiger partial charge in [-0.15, -0.1) is 0 Å². The third kappa shape index (κ3) is 6.16. The standard InChI is InChI=1S/C23H19N3O/c1-26(18-23(27)22-10-6-3-7-11-22)15-14-21(13-12-19(16-24)17-25)20-8-4-2-5-9-20/h2-15H,18H2,1H3. The first-order valence-electron chi connectivity index (χ1n) is 8.38. The van der Waals surface area contributed by atoms with Crippen molar-refractivity contribution < 1.29 is 4.79 Å². The van der Waals surface area contributed by atoms with E-state index in [2.05, 4.69) is 0 Å². The van der Waals surface area contributed by atoms with Crippen LogP contribution in [0.25, 0.3) is 5.57 Å². The number of nitriles is 2. The topological polar surface area (TPSA) is 67.9 Å². The summed E-state index contributed by atoms with van der Waals surface area (Å²) in [5.41, 5.74) is 2.48. The van der Waals surface area contributed by atoms with Gasteiger partial charge in [-0.2, -0.15) is 10.5 Å². The van der Waals surface area contributed by atoms with Crippen LogP contribution < -0.4 is 0 Å². The van der Waals surface area contributed by atoms with Crippen molar-refractivity contribution in [2.45, 2.75) is 0 Å². The first kappa shape index (κ1) is 19.4. The molecule has 0 radical (unpaired) electrons. The fourth-order valence-corrected chi connectivity index (χ4v) is 2.35. The third-order valence-electron chi connectivity index (χ3n) is 3.77. The molecule has 0 N–H and O–H groups in total.